The molecule has 0 N–H and O–H groups in total. The van der Waals surface area contributed by atoms with Gasteiger partial charge >= 0.3 is 16.3 Å². The minimum absolute atomic E-state index is 0. The molecule has 6 heteroatoms. The van der Waals surface area contributed by atoms with Crippen molar-refractivity contribution in [1.82, 2.24) is 0 Å². The standard InChI is InChI=1S/C2H2O4S.Li/c1-2-5-7(3,4)6-2;/h1H2;. The van der Waals surface area contributed by atoms with Crippen LogP contribution in [0.1, 0.15) is 0 Å². The number of hydrogen-bond donors (Lipinski definition) is 0. The van der Waals surface area contributed by atoms with Gasteiger partial charge in [-0.05, 0) is 6.58 Å². The Balaban J connectivity index is 0.000000490. The molecule has 0 bridgehead atoms. The summed E-state index contributed by atoms with van der Waals surface area (Å²) in [6.45, 7) is 3.03. The van der Waals surface area contributed by atoms with E-state index in [4.69, 9.17) is 0 Å². The van der Waals surface area contributed by atoms with E-state index in [2.05, 4.69) is 14.9 Å². The van der Waals surface area contributed by atoms with Gasteiger partial charge in [-0.2, -0.15) is 0 Å². The summed E-state index contributed by atoms with van der Waals surface area (Å²) in [6, 6.07) is 0. The third-order valence-corrected chi connectivity index (χ3v) is 1.17. The van der Waals surface area contributed by atoms with Crippen LogP contribution in [0.4, 0.5) is 0 Å². The van der Waals surface area contributed by atoms with Gasteiger partial charge < -0.3 is 8.37 Å². The first-order chi connectivity index (χ1) is 3.10. The van der Waals surface area contributed by atoms with E-state index in [0.717, 1.165) is 0 Å². The molecule has 0 spiro atoms. The van der Waals surface area contributed by atoms with Crippen molar-refractivity contribution in [2.75, 3.05) is 0 Å². The van der Waals surface area contributed by atoms with Crippen molar-refractivity contribution in [3.8, 4) is 0 Å². The molecule has 1 radical (unpaired) electrons. The fourth-order valence-electron chi connectivity index (χ4n) is 0.234. The summed E-state index contributed by atoms with van der Waals surface area (Å²) in [5, 5.41) is 0. The molecule has 41 valence electrons. The van der Waals surface area contributed by atoms with Crippen LogP contribution in [0.5, 0.6) is 0 Å². The van der Waals surface area contributed by atoms with E-state index >= 15 is 0 Å². The summed E-state index contributed by atoms with van der Waals surface area (Å²) in [6.07, 6.45) is 0. The molecule has 8 heavy (non-hydrogen) atoms. The molecular weight excluding hydrogens is 127 g/mol. The first-order valence-electron chi connectivity index (χ1n) is 1.43. The summed E-state index contributed by atoms with van der Waals surface area (Å²) in [4.78, 5) is 0. The fraction of sp³-hybridized carbons (Fsp3) is 0. The Bertz CT molecular complexity index is 178. The maximum absolute atomic E-state index is 9.79. The van der Waals surface area contributed by atoms with Crippen molar-refractivity contribution in [2.24, 2.45) is 0 Å². The van der Waals surface area contributed by atoms with Crippen LogP contribution in [0.2, 0.25) is 0 Å². The van der Waals surface area contributed by atoms with Crippen molar-refractivity contribution in [1.29, 1.82) is 0 Å². The van der Waals surface area contributed by atoms with E-state index < -0.39 is 10.4 Å². The molecule has 1 saturated heterocycles. The average Bonchev–Trinajstić information content (AvgIpc) is 1.27. The van der Waals surface area contributed by atoms with Crippen molar-refractivity contribution in [3.05, 3.63) is 12.5 Å². The second-order valence-corrected chi connectivity index (χ2v) is 2.10. The average molecular weight is 129 g/mol. The van der Waals surface area contributed by atoms with Crippen molar-refractivity contribution in [3.63, 3.8) is 0 Å². The quantitative estimate of drug-likeness (QED) is 0.408. The zero-order chi connectivity index (χ0) is 5.49. The minimum atomic E-state index is -3.63. The molecule has 0 unspecified atom stereocenters. The number of rotatable bonds is 0. The smallest absolute Gasteiger partial charge is 0.316 e. The molecule has 0 aliphatic carbocycles. The van der Waals surface area contributed by atoms with Crippen molar-refractivity contribution in [2.45, 2.75) is 0 Å². The van der Waals surface area contributed by atoms with E-state index in [-0.39, 0.29) is 24.8 Å². The molecule has 0 saturated carbocycles. The van der Waals surface area contributed by atoms with Gasteiger partial charge in [0.15, 0.2) is 0 Å². The Morgan fingerprint density at radius 2 is 1.75 bits per heavy atom. The van der Waals surface area contributed by atoms with Gasteiger partial charge in [0.1, 0.15) is 0 Å². The zero-order valence-corrected chi connectivity index (χ0v) is 5.06. The third kappa shape index (κ3) is 1.44. The van der Waals surface area contributed by atoms with Crippen LogP contribution in [0.3, 0.4) is 0 Å². The van der Waals surface area contributed by atoms with Crippen LogP contribution in [0.15, 0.2) is 12.5 Å². The Morgan fingerprint density at radius 3 is 1.75 bits per heavy atom. The topological polar surface area (TPSA) is 52.6 Å². The second-order valence-electron chi connectivity index (χ2n) is 0.947. The molecule has 0 amide bonds. The largest absolute Gasteiger partial charge is 0.506 e. The van der Waals surface area contributed by atoms with Crippen LogP contribution in [0.25, 0.3) is 0 Å². The molecule has 1 aliphatic rings. The molecule has 1 rings (SSSR count). The SMILES string of the molecule is C=C1OS(=O)(=O)O1.[Li]. The Morgan fingerprint density at radius 1 is 1.38 bits per heavy atom. The predicted molar refractivity (Wildman–Crippen MR) is 26.0 cm³/mol. The van der Waals surface area contributed by atoms with E-state index in [0.29, 0.717) is 0 Å². The van der Waals surface area contributed by atoms with Gasteiger partial charge in [0, 0.05) is 18.9 Å². The van der Waals surface area contributed by atoms with Gasteiger partial charge in [0.25, 0.3) is 0 Å². The summed E-state index contributed by atoms with van der Waals surface area (Å²) in [7, 11) is -3.63. The summed E-state index contributed by atoms with van der Waals surface area (Å²) in [5.41, 5.74) is 0. The molecule has 0 aromatic carbocycles. The fourth-order valence-corrected chi connectivity index (χ4v) is 0.702. The van der Waals surface area contributed by atoms with Gasteiger partial charge in [-0.25, -0.2) is 0 Å². The monoisotopic (exact) mass is 129 g/mol. The molecule has 0 aromatic rings. The molecule has 1 fully saturated rings. The van der Waals surface area contributed by atoms with Crippen molar-refractivity contribution < 1.29 is 16.8 Å². The molecule has 0 atom stereocenters. The first-order valence-corrected chi connectivity index (χ1v) is 2.76. The van der Waals surface area contributed by atoms with Gasteiger partial charge in [-0.3, -0.25) is 0 Å². The molecule has 0 aromatic heterocycles. The molecular formula is C2H2LiO4S. The third-order valence-electron chi connectivity index (χ3n) is 0.390. The summed E-state index contributed by atoms with van der Waals surface area (Å²) in [5.74, 6) is -0.167. The Labute approximate surface area is 59.0 Å². The van der Waals surface area contributed by atoms with Crippen LogP contribution >= 0.6 is 0 Å². The first kappa shape index (κ1) is 7.89. The van der Waals surface area contributed by atoms with Gasteiger partial charge in [-0.15, -0.1) is 8.42 Å². The van der Waals surface area contributed by atoms with Gasteiger partial charge in [0.05, 0.1) is 0 Å². The van der Waals surface area contributed by atoms with E-state index in [1.54, 1.807) is 0 Å². The van der Waals surface area contributed by atoms with E-state index in [1.807, 2.05) is 0 Å². The van der Waals surface area contributed by atoms with Crippen LogP contribution in [-0.2, 0) is 18.8 Å². The van der Waals surface area contributed by atoms with Crippen LogP contribution in [0, 0.1) is 0 Å². The van der Waals surface area contributed by atoms with E-state index in [9.17, 15) is 8.42 Å². The molecule has 1 aliphatic heterocycles. The predicted octanol–water partition coefficient (Wildman–Crippen LogP) is -0.632. The summed E-state index contributed by atoms with van der Waals surface area (Å²) >= 11 is 0. The number of hydrogen-bond acceptors (Lipinski definition) is 4. The molecule has 4 nitrogen and oxygen atoms in total. The van der Waals surface area contributed by atoms with Crippen LogP contribution < -0.4 is 0 Å². The summed E-state index contributed by atoms with van der Waals surface area (Å²) < 4.78 is 27.3. The zero-order valence-electron chi connectivity index (χ0n) is 4.25. The Kier molecular flexibility index (Phi) is 1.99. The van der Waals surface area contributed by atoms with Crippen molar-refractivity contribution >= 4 is 29.3 Å². The van der Waals surface area contributed by atoms with E-state index in [1.165, 1.54) is 0 Å². The minimum Gasteiger partial charge on any atom is -0.316 e. The van der Waals surface area contributed by atoms with Crippen LogP contribution in [-0.4, -0.2) is 27.3 Å². The molecule has 1 heterocycles. The normalized spacial score (nSPS) is 21.2. The second kappa shape index (κ2) is 2.01. The maximum atomic E-state index is 9.79. The Hall–Kier alpha value is -0.113. The maximum Gasteiger partial charge on any atom is 0.506 e. The van der Waals surface area contributed by atoms with Gasteiger partial charge in [0.2, 0.25) is 0 Å². The van der Waals surface area contributed by atoms with Gasteiger partial charge in [-0.1, -0.05) is 0 Å².